The first-order valence-electron chi connectivity index (χ1n) is 9.37. The first-order valence-corrected chi connectivity index (χ1v) is 9.37. The van der Waals surface area contributed by atoms with Crippen molar-refractivity contribution in [2.75, 3.05) is 12.4 Å². The van der Waals surface area contributed by atoms with Crippen molar-refractivity contribution in [3.8, 4) is 5.75 Å². The molecule has 29 heavy (non-hydrogen) atoms. The molecule has 0 aliphatic rings. The van der Waals surface area contributed by atoms with Gasteiger partial charge in [0.1, 0.15) is 11.4 Å². The third kappa shape index (κ3) is 4.99. The number of carbonyl (C=O) groups excluding carboxylic acids is 2. The van der Waals surface area contributed by atoms with Gasteiger partial charge in [0.2, 0.25) is 0 Å². The molecule has 6 heteroatoms. The van der Waals surface area contributed by atoms with Gasteiger partial charge in [-0.05, 0) is 36.2 Å². The molecule has 6 nitrogen and oxygen atoms in total. The summed E-state index contributed by atoms with van der Waals surface area (Å²) in [6, 6.07) is 18.1. The van der Waals surface area contributed by atoms with Gasteiger partial charge in [-0.3, -0.25) is 14.6 Å². The molecule has 0 fully saturated rings. The minimum atomic E-state index is -0.356. The number of carbonyl (C=O) groups is 2. The lowest BCUT2D eigenvalue weighted by atomic mass is 10.1. The molecule has 1 heterocycles. The van der Waals surface area contributed by atoms with Crippen molar-refractivity contribution in [3.05, 3.63) is 89.2 Å². The predicted molar refractivity (Wildman–Crippen MR) is 112 cm³/mol. The summed E-state index contributed by atoms with van der Waals surface area (Å²) in [7, 11) is 1.59. The van der Waals surface area contributed by atoms with Crippen molar-refractivity contribution in [2.45, 2.75) is 19.9 Å². The lowest BCUT2D eigenvalue weighted by molar-refractivity contribution is 0.0950. The maximum absolute atomic E-state index is 12.6. The van der Waals surface area contributed by atoms with E-state index in [2.05, 4.69) is 15.6 Å². The summed E-state index contributed by atoms with van der Waals surface area (Å²) in [5.41, 5.74) is 3.19. The van der Waals surface area contributed by atoms with E-state index >= 15 is 0 Å². The zero-order chi connectivity index (χ0) is 20.6. The van der Waals surface area contributed by atoms with E-state index in [9.17, 15) is 9.59 Å². The highest BCUT2D eigenvalue weighted by molar-refractivity contribution is 6.05. The first-order chi connectivity index (χ1) is 14.1. The van der Waals surface area contributed by atoms with Crippen LogP contribution in [-0.2, 0) is 13.0 Å². The number of para-hydroxylation sites is 2. The van der Waals surface area contributed by atoms with Crippen LogP contribution < -0.4 is 15.4 Å². The van der Waals surface area contributed by atoms with Gasteiger partial charge < -0.3 is 15.4 Å². The number of hydrogen-bond acceptors (Lipinski definition) is 4. The quantitative estimate of drug-likeness (QED) is 0.643. The van der Waals surface area contributed by atoms with E-state index in [1.807, 2.05) is 55.5 Å². The summed E-state index contributed by atoms with van der Waals surface area (Å²) in [4.78, 5) is 29.2. The number of rotatable bonds is 7. The lowest BCUT2D eigenvalue weighted by Crippen LogP contribution is -2.24. The molecule has 0 spiro atoms. The van der Waals surface area contributed by atoms with E-state index in [0.717, 1.165) is 23.2 Å². The number of pyridine rings is 1. The normalized spacial score (nSPS) is 10.3. The average Bonchev–Trinajstić information content (AvgIpc) is 2.78. The smallest absolute Gasteiger partial charge is 0.274 e. The Balaban J connectivity index is 1.70. The monoisotopic (exact) mass is 389 g/mol. The largest absolute Gasteiger partial charge is 0.496 e. The highest BCUT2D eigenvalue weighted by Crippen LogP contribution is 2.18. The molecular formula is C23H23N3O3. The fourth-order valence-corrected chi connectivity index (χ4v) is 2.96. The lowest BCUT2D eigenvalue weighted by Gasteiger charge is -2.11. The van der Waals surface area contributed by atoms with Crippen molar-refractivity contribution in [1.82, 2.24) is 10.3 Å². The Labute approximate surface area is 169 Å². The van der Waals surface area contributed by atoms with Gasteiger partial charge in [-0.25, -0.2) is 0 Å². The van der Waals surface area contributed by atoms with Crippen molar-refractivity contribution < 1.29 is 14.3 Å². The molecule has 0 saturated heterocycles. The van der Waals surface area contributed by atoms with Crippen LogP contribution in [0, 0.1) is 0 Å². The number of methoxy groups -OCH3 is 1. The maximum Gasteiger partial charge on any atom is 0.274 e. The van der Waals surface area contributed by atoms with Gasteiger partial charge in [0.25, 0.3) is 11.8 Å². The molecular weight excluding hydrogens is 366 g/mol. The number of nitrogens with zero attached hydrogens (tertiary/aromatic N) is 1. The van der Waals surface area contributed by atoms with E-state index in [1.54, 1.807) is 13.2 Å². The fourth-order valence-electron chi connectivity index (χ4n) is 2.96. The molecule has 0 unspecified atom stereocenters. The molecule has 0 aliphatic carbocycles. The number of amides is 2. The number of aromatic nitrogens is 1. The van der Waals surface area contributed by atoms with Crippen molar-refractivity contribution in [2.24, 2.45) is 0 Å². The van der Waals surface area contributed by atoms with Gasteiger partial charge in [0.05, 0.1) is 7.11 Å². The number of nitrogens with one attached hydrogen (secondary N) is 2. The molecule has 0 bridgehead atoms. The SMILES string of the molecule is CCc1ccccc1NC(=O)c1cc(C(=O)NCc2ccccc2OC)ccn1. The zero-order valence-corrected chi connectivity index (χ0v) is 16.4. The van der Waals surface area contributed by atoms with Gasteiger partial charge in [-0.1, -0.05) is 43.3 Å². The number of hydrogen-bond donors (Lipinski definition) is 2. The zero-order valence-electron chi connectivity index (χ0n) is 16.4. The van der Waals surface area contributed by atoms with Crippen LogP contribution in [0.5, 0.6) is 5.75 Å². The Bertz CT molecular complexity index is 1020. The van der Waals surface area contributed by atoms with E-state index in [0.29, 0.717) is 17.9 Å². The van der Waals surface area contributed by atoms with Crippen LogP contribution in [-0.4, -0.2) is 23.9 Å². The summed E-state index contributed by atoms with van der Waals surface area (Å²) in [6.07, 6.45) is 2.26. The molecule has 2 amide bonds. The minimum absolute atomic E-state index is 0.181. The van der Waals surface area contributed by atoms with E-state index in [4.69, 9.17) is 4.74 Å². The first kappa shape index (κ1) is 20.1. The summed E-state index contributed by atoms with van der Waals surface area (Å²) < 4.78 is 5.30. The van der Waals surface area contributed by atoms with E-state index in [1.165, 1.54) is 12.3 Å². The van der Waals surface area contributed by atoms with Gasteiger partial charge in [0, 0.05) is 29.6 Å². The molecule has 3 rings (SSSR count). The van der Waals surface area contributed by atoms with Crippen LogP contribution in [0.4, 0.5) is 5.69 Å². The van der Waals surface area contributed by atoms with Gasteiger partial charge >= 0.3 is 0 Å². The van der Waals surface area contributed by atoms with Gasteiger partial charge in [-0.2, -0.15) is 0 Å². The molecule has 3 aromatic rings. The fraction of sp³-hybridized carbons (Fsp3) is 0.174. The Morgan fingerprint density at radius 1 is 0.966 bits per heavy atom. The summed E-state index contributed by atoms with van der Waals surface area (Å²) >= 11 is 0. The van der Waals surface area contributed by atoms with Crippen molar-refractivity contribution >= 4 is 17.5 Å². The summed E-state index contributed by atoms with van der Waals surface area (Å²) in [6.45, 7) is 2.34. The number of benzene rings is 2. The third-order valence-corrected chi connectivity index (χ3v) is 4.53. The van der Waals surface area contributed by atoms with Crippen molar-refractivity contribution in [3.63, 3.8) is 0 Å². The van der Waals surface area contributed by atoms with Gasteiger partial charge in [0.15, 0.2) is 0 Å². The van der Waals surface area contributed by atoms with Crippen LogP contribution in [0.15, 0.2) is 66.9 Å². The number of ether oxygens (including phenoxy) is 1. The highest BCUT2D eigenvalue weighted by Gasteiger charge is 2.13. The Morgan fingerprint density at radius 2 is 1.69 bits per heavy atom. The maximum atomic E-state index is 12.6. The molecule has 0 saturated carbocycles. The molecule has 2 N–H and O–H groups in total. The van der Waals surface area contributed by atoms with Crippen LogP contribution >= 0.6 is 0 Å². The number of aryl methyl sites for hydroxylation is 1. The minimum Gasteiger partial charge on any atom is -0.496 e. The predicted octanol–water partition coefficient (Wildman–Crippen LogP) is 3.83. The van der Waals surface area contributed by atoms with Crippen LogP contribution in [0.2, 0.25) is 0 Å². The molecule has 1 aromatic heterocycles. The second-order valence-corrected chi connectivity index (χ2v) is 6.39. The Morgan fingerprint density at radius 3 is 2.45 bits per heavy atom. The standard InChI is InChI=1S/C23H23N3O3/c1-3-16-8-4-6-10-19(16)26-23(28)20-14-17(12-13-24-20)22(27)25-15-18-9-5-7-11-21(18)29-2/h4-14H,3,15H2,1-2H3,(H,25,27)(H,26,28). The van der Waals surface area contributed by atoms with Gasteiger partial charge in [-0.15, -0.1) is 0 Å². The third-order valence-electron chi connectivity index (χ3n) is 4.53. The molecule has 2 aromatic carbocycles. The Hall–Kier alpha value is -3.67. The number of anilines is 1. The van der Waals surface area contributed by atoms with Crippen LogP contribution in [0.1, 0.15) is 38.9 Å². The second-order valence-electron chi connectivity index (χ2n) is 6.39. The summed E-state index contributed by atoms with van der Waals surface area (Å²) in [5, 5.41) is 5.71. The van der Waals surface area contributed by atoms with E-state index < -0.39 is 0 Å². The molecule has 148 valence electrons. The van der Waals surface area contributed by atoms with Crippen LogP contribution in [0.25, 0.3) is 0 Å². The molecule has 0 atom stereocenters. The highest BCUT2D eigenvalue weighted by atomic mass is 16.5. The Kier molecular flexibility index (Phi) is 6.58. The second kappa shape index (κ2) is 9.50. The molecule has 0 aliphatic heterocycles. The summed E-state index contributed by atoms with van der Waals surface area (Å²) in [5.74, 6) is 0.0591. The van der Waals surface area contributed by atoms with Crippen molar-refractivity contribution in [1.29, 1.82) is 0 Å². The van der Waals surface area contributed by atoms with E-state index in [-0.39, 0.29) is 17.5 Å². The average molecular weight is 389 g/mol. The topological polar surface area (TPSA) is 80.3 Å². The van der Waals surface area contributed by atoms with Crippen LogP contribution in [0.3, 0.4) is 0 Å². The molecule has 0 radical (unpaired) electrons.